The highest BCUT2D eigenvalue weighted by atomic mass is 32.2. The summed E-state index contributed by atoms with van der Waals surface area (Å²) in [4.78, 5) is 16.5. The van der Waals surface area contributed by atoms with Crippen LogP contribution in [0.1, 0.15) is 38.6 Å². The van der Waals surface area contributed by atoms with Crippen molar-refractivity contribution in [3.63, 3.8) is 0 Å². The zero-order valence-corrected chi connectivity index (χ0v) is 19.0. The van der Waals surface area contributed by atoms with Gasteiger partial charge in [0, 0.05) is 24.9 Å². The molecule has 2 N–H and O–H groups in total. The number of rotatable bonds is 8. The number of benzene rings is 2. The number of amides is 1. The highest BCUT2D eigenvalue weighted by Gasteiger charge is 2.24. The lowest BCUT2D eigenvalue weighted by atomic mass is 10.1. The van der Waals surface area contributed by atoms with E-state index in [0.29, 0.717) is 22.8 Å². The van der Waals surface area contributed by atoms with Gasteiger partial charge >= 0.3 is 0 Å². The Kier molecular flexibility index (Phi) is 7.10. The number of nitrogens with one attached hydrogen (secondary N) is 2. The summed E-state index contributed by atoms with van der Waals surface area (Å²) in [5.74, 6) is -0.0890. The van der Waals surface area contributed by atoms with Gasteiger partial charge in [-0.15, -0.1) is 0 Å². The lowest BCUT2D eigenvalue weighted by Crippen LogP contribution is -2.41. The molecule has 7 nitrogen and oxygen atoms in total. The Hall–Kier alpha value is -3.04. The number of nitrogens with zero attached hydrogens (tertiary/aromatic N) is 1. The van der Waals surface area contributed by atoms with Gasteiger partial charge in [-0.1, -0.05) is 30.3 Å². The van der Waals surface area contributed by atoms with Crippen molar-refractivity contribution in [2.75, 3.05) is 0 Å². The number of halogens is 1. The van der Waals surface area contributed by atoms with Crippen LogP contribution in [0.4, 0.5) is 4.39 Å². The van der Waals surface area contributed by atoms with Gasteiger partial charge in [-0.3, -0.25) is 4.79 Å². The molecule has 0 saturated heterocycles. The van der Waals surface area contributed by atoms with Crippen LogP contribution in [0, 0.1) is 5.82 Å². The van der Waals surface area contributed by atoms with E-state index >= 15 is 0 Å². The minimum atomic E-state index is -3.74. The van der Waals surface area contributed by atoms with Gasteiger partial charge in [0.2, 0.25) is 15.9 Å². The Morgan fingerprint density at radius 1 is 1.09 bits per heavy atom. The molecule has 0 unspecified atom stereocenters. The second kappa shape index (κ2) is 9.62. The normalized spacial score (nSPS) is 12.0. The zero-order valence-electron chi connectivity index (χ0n) is 18.2. The average Bonchev–Trinajstić information content (AvgIpc) is 3.18. The summed E-state index contributed by atoms with van der Waals surface area (Å²) in [5, 5.41) is 2.73. The number of aromatic nitrogens is 1. The molecule has 0 aliphatic heterocycles. The van der Waals surface area contributed by atoms with Crippen molar-refractivity contribution < 1.29 is 22.0 Å². The van der Waals surface area contributed by atoms with Gasteiger partial charge in [0.25, 0.3) is 0 Å². The quantitative estimate of drug-likeness (QED) is 0.534. The van der Waals surface area contributed by atoms with Crippen molar-refractivity contribution in [2.24, 2.45) is 0 Å². The van der Waals surface area contributed by atoms with E-state index in [4.69, 9.17) is 4.42 Å². The van der Waals surface area contributed by atoms with E-state index in [0.717, 1.165) is 0 Å². The largest absolute Gasteiger partial charge is 0.441 e. The third-order valence-electron chi connectivity index (χ3n) is 4.44. The molecule has 0 atom stereocenters. The molecule has 0 bridgehead atoms. The van der Waals surface area contributed by atoms with Crippen LogP contribution < -0.4 is 10.0 Å². The Morgan fingerprint density at radius 2 is 1.78 bits per heavy atom. The third-order valence-corrected chi connectivity index (χ3v) is 6.30. The van der Waals surface area contributed by atoms with E-state index in [9.17, 15) is 17.6 Å². The second-order valence-electron chi connectivity index (χ2n) is 8.34. The smallest absolute Gasteiger partial charge is 0.241 e. The van der Waals surface area contributed by atoms with Gasteiger partial charge in [-0.25, -0.2) is 22.5 Å². The first kappa shape index (κ1) is 23.6. The molecule has 1 amide bonds. The van der Waals surface area contributed by atoms with Crippen LogP contribution in [0.25, 0.3) is 11.3 Å². The lowest BCUT2D eigenvalue weighted by Gasteiger charge is -2.21. The maximum atomic E-state index is 13.9. The Balaban J connectivity index is 1.59. The predicted octanol–water partition coefficient (Wildman–Crippen LogP) is 3.81. The minimum Gasteiger partial charge on any atom is -0.441 e. The average molecular weight is 460 g/mol. The fourth-order valence-electron chi connectivity index (χ4n) is 3.08. The van der Waals surface area contributed by atoms with Crippen LogP contribution >= 0.6 is 0 Å². The predicted molar refractivity (Wildman–Crippen MR) is 119 cm³/mol. The summed E-state index contributed by atoms with van der Waals surface area (Å²) >= 11 is 0. The van der Waals surface area contributed by atoms with Gasteiger partial charge in [-0.2, -0.15) is 0 Å². The number of oxazole rings is 1. The fourth-order valence-corrected chi connectivity index (χ4v) is 4.74. The SMILES string of the molecule is CC(C)(C)NS(=O)(=O)c1ccccc1CNC(=O)CCc1ncc(-c2ccccc2F)o1. The number of hydrogen-bond donors (Lipinski definition) is 2. The van der Waals surface area contributed by atoms with Crippen molar-refractivity contribution in [1.82, 2.24) is 15.0 Å². The molecule has 0 saturated carbocycles. The molecule has 2 aromatic carbocycles. The van der Waals surface area contributed by atoms with E-state index in [2.05, 4.69) is 15.0 Å². The minimum absolute atomic E-state index is 0.0616. The Morgan fingerprint density at radius 3 is 2.50 bits per heavy atom. The van der Waals surface area contributed by atoms with Crippen LogP contribution in [0.2, 0.25) is 0 Å². The van der Waals surface area contributed by atoms with E-state index in [-0.39, 0.29) is 30.2 Å². The van der Waals surface area contributed by atoms with Crippen LogP contribution in [-0.4, -0.2) is 24.8 Å². The Labute approximate surface area is 187 Å². The summed E-state index contributed by atoms with van der Waals surface area (Å²) in [6, 6.07) is 12.7. The topological polar surface area (TPSA) is 101 Å². The number of aryl methyl sites for hydroxylation is 1. The van der Waals surface area contributed by atoms with Crippen molar-refractivity contribution in [2.45, 2.75) is 50.6 Å². The molecule has 0 aliphatic carbocycles. The van der Waals surface area contributed by atoms with Gasteiger partial charge in [-0.05, 0) is 44.5 Å². The van der Waals surface area contributed by atoms with Gasteiger partial charge in [0.1, 0.15) is 5.82 Å². The molecule has 0 radical (unpaired) electrons. The molecular formula is C23H26FN3O4S. The van der Waals surface area contributed by atoms with Gasteiger partial charge < -0.3 is 9.73 Å². The van der Waals surface area contributed by atoms with E-state index in [1.54, 1.807) is 57.2 Å². The van der Waals surface area contributed by atoms with Crippen LogP contribution in [0.3, 0.4) is 0 Å². The molecule has 1 heterocycles. The molecule has 1 aromatic heterocycles. The highest BCUT2D eigenvalue weighted by molar-refractivity contribution is 7.89. The van der Waals surface area contributed by atoms with Crippen molar-refractivity contribution in [1.29, 1.82) is 0 Å². The molecule has 0 spiro atoms. The molecule has 32 heavy (non-hydrogen) atoms. The summed E-state index contributed by atoms with van der Waals surface area (Å²) in [7, 11) is -3.74. The monoisotopic (exact) mass is 459 g/mol. The summed E-state index contributed by atoms with van der Waals surface area (Å²) in [5.41, 5.74) is 0.153. The Bertz CT molecular complexity index is 1200. The van der Waals surface area contributed by atoms with Crippen molar-refractivity contribution in [3.8, 4) is 11.3 Å². The summed E-state index contributed by atoms with van der Waals surface area (Å²) in [6.07, 6.45) is 1.74. The van der Waals surface area contributed by atoms with Crippen molar-refractivity contribution in [3.05, 3.63) is 72.0 Å². The number of carbonyl (C=O) groups is 1. The molecule has 3 rings (SSSR count). The van der Waals surface area contributed by atoms with E-state index in [1.807, 2.05) is 0 Å². The van der Waals surface area contributed by atoms with E-state index in [1.165, 1.54) is 18.3 Å². The number of carbonyl (C=O) groups excluding carboxylic acids is 1. The molecular weight excluding hydrogens is 433 g/mol. The second-order valence-corrected chi connectivity index (χ2v) is 9.99. The standard InChI is InChI=1S/C23H26FN3O4S/c1-23(2,3)27-32(29,30)20-11-7-4-8-16(20)14-25-21(28)12-13-22-26-15-19(31-22)17-9-5-6-10-18(17)24/h4-11,15,27H,12-14H2,1-3H3,(H,25,28). The van der Waals surface area contributed by atoms with Crippen molar-refractivity contribution >= 4 is 15.9 Å². The summed E-state index contributed by atoms with van der Waals surface area (Å²) < 4.78 is 47.4. The van der Waals surface area contributed by atoms with E-state index < -0.39 is 21.4 Å². The van der Waals surface area contributed by atoms with Crippen LogP contribution in [0.15, 0.2) is 64.0 Å². The van der Waals surface area contributed by atoms with Crippen LogP contribution in [-0.2, 0) is 27.8 Å². The first-order chi connectivity index (χ1) is 15.0. The highest BCUT2D eigenvalue weighted by Crippen LogP contribution is 2.23. The maximum Gasteiger partial charge on any atom is 0.241 e. The molecule has 170 valence electrons. The first-order valence-electron chi connectivity index (χ1n) is 10.1. The molecule has 9 heteroatoms. The maximum absolute atomic E-state index is 13.9. The van der Waals surface area contributed by atoms with Gasteiger partial charge in [0.05, 0.1) is 16.7 Å². The third kappa shape index (κ3) is 6.24. The molecule has 0 fully saturated rings. The number of sulfonamides is 1. The van der Waals surface area contributed by atoms with Gasteiger partial charge in [0.15, 0.2) is 11.7 Å². The zero-order chi connectivity index (χ0) is 23.4. The first-order valence-corrected chi connectivity index (χ1v) is 11.6. The van der Waals surface area contributed by atoms with Crippen LogP contribution in [0.5, 0.6) is 0 Å². The number of hydrogen-bond acceptors (Lipinski definition) is 5. The molecule has 3 aromatic rings. The lowest BCUT2D eigenvalue weighted by molar-refractivity contribution is -0.121. The fraction of sp³-hybridized carbons (Fsp3) is 0.304. The summed E-state index contributed by atoms with van der Waals surface area (Å²) in [6.45, 7) is 5.34. The molecule has 0 aliphatic rings.